The van der Waals surface area contributed by atoms with Crippen LogP contribution in [0.3, 0.4) is 0 Å². The summed E-state index contributed by atoms with van der Waals surface area (Å²) in [6, 6.07) is 11.6. The van der Waals surface area contributed by atoms with Crippen molar-refractivity contribution in [1.82, 2.24) is 14.9 Å². The van der Waals surface area contributed by atoms with Crippen molar-refractivity contribution in [2.45, 2.75) is 0 Å². The first kappa shape index (κ1) is 15.8. The van der Waals surface area contributed by atoms with Gasteiger partial charge in [0.25, 0.3) is 5.91 Å². The van der Waals surface area contributed by atoms with Gasteiger partial charge in [-0.15, -0.1) is 0 Å². The Hall–Kier alpha value is -1.74. The molecule has 0 bridgehead atoms. The molecule has 1 aliphatic heterocycles. The van der Waals surface area contributed by atoms with Crippen LogP contribution in [0, 0.1) is 3.57 Å². The molecule has 3 aromatic rings. The summed E-state index contributed by atoms with van der Waals surface area (Å²) in [5.41, 5.74) is 1.70. The number of amides is 1. The number of fused-ring (bicyclic) bond motifs is 1. The van der Waals surface area contributed by atoms with Crippen LogP contribution < -0.4 is 4.90 Å². The summed E-state index contributed by atoms with van der Waals surface area (Å²) in [7, 11) is 0. The molecule has 0 radical (unpaired) electrons. The van der Waals surface area contributed by atoms with Gasteiger partial charge in [-0.2, -0.15) is 0 Å². The highest BCUT2D eigenvalue weighted by atomic mass is 127. The second-order valence-corrected chi connectivity index (χ2v) is 7.81. The van der Waals surface area contributed by atoms with Crippen molar-refractivity contribution >= 4 is 55.3 Å². The number of thiazole rings is 1. The van der Waals surface area contributed by atoms with Gasteiger partial charge in [-0.05, 0) is 59.0 Å². The zero-order valence-electron chi connectivity index (χ0n) is 12.9. The lowest BCUT2D eigenvalue weighted by atomic mass is 10.2. The molecule has 0 N–H and O–H groups in total. The zero-order valence-corrected chi connectivity index (χ0v) is 15.8. The van der Waals surface area contributed by atoms with E-state index in [4.69, 9.17) is 0 Å². The fraction of sp³-hybridized carbons (Fsp3) is 0.235. The van der Waals surface area contributed by atoms with E-state index >= 15 is 0 Å². The van der Waals surface area contributed by atoms with E-state index in [0.717, 1.165) is 37.7 Å². The van der Waals surface area contributed by atoms with Crippen molar-refractivity contribution in [3.63, 3.8) is 0 Å². The van der Waals surface area contributed by atoms with Crippen LogP contribution in [-0.2, 0) is 0 Å². The van der Waals surface area contributed by atoms with Crippen LogP contribution in [0.15, 0.2) is 42.6 Å². The predicted octanol–water partition coefficient (Wildman–Crippen LogP) is 3.26. The molecule has 5 nitrogen and oxygen atoms in total. The van der Waals surface area contributed by atoms with Gasteiger partial charge >= 0.3 is 0 Å². The fourth-order valence-electron chi connectivity index (χ4n) is 2.77. The SMILES string of the molecule is O=C(c1ccc(I)cc1)N1CCN(c2nc3cccnc3s2)CC1. The maximum absolute atomic E-state index is 12.6. The molecule has 3 heterocycles. The van der Waals surface area contributed by atoms with Crippen LogP contribution >= 0.6 is 33.9 Å². The molecule has 2 aromatic heterocycles. The van der Waals surface area contributed by atoms with Crippen LogP contribution in [0.5, 0.6) is 0 Å². The summed E-state index contributed by atoms with van der Waals surface area (Å²) in [6.07, 6.45) is 1.79. The molecule has 7 heteroatoms. The third-order valence-corrected chi connectivity index (χ3v) is 5.84. The van der Waals surface area contributed by atoms with Crippen molar-refractivity contribution in [1.29, 1.82) is 0 Å². The van der Waals surface area contributed by atoms with E-state index in [1.807, 2.05) is 41.3 Å². The minimum Gasteiger partial charge on any atom is -0.344 e. The molecular weight excluding hydrogens is 435 g/mol. The lowest BCUT2D eigenvalue weighted by molar-refractivity contribution is 0.0747. The number of halogens is 1. The number of benzene rings is 1. The topological polar surface area (TPSA) is 49.3 Å². The Balaban J connectivity index is 1.44. The molecule has 1 aromatic carbocycles. The van der Waals surface area contributed by atoms with Gasteiger partial charge in [-0.1, -0.05) is 11.3 Å². The smallest absolute Gasteiger partial charge is 0.253 e. The quantitative estimate of drug-likeness (QED) is 0.563. The number of rotatable bonds is 2. The van der Waals surface area contributed by atoms with Crippen LogP contribution in [0.2, 0.25) is 0 Å². The number of pyridine rings is 1. The van der Waals surface area contributed by atoms with Crippen molar-refractivity contribution in [2.75, 3.05) is 31.1 Å². The lowest BCUT2D eigenvalue weighted by Crippen LogP contribution is -2.48. The van der Waals surface area contributed by atoms with Crippen LogP contribution in [0.4, 0.5) is 5.13 Å². The molecule has 1 aliphatic rings. The molecule has 0 atom stereocenters. The first-order valence-electron chi connectivity index (χ1n) is 7.72. The molecule has 0 aliphatic carbocycles. The number of carbonyl (C=O) groups is 1. The van der Waals surface area contributed by atoms with E-state index < -0.39 is 0 Å². The van der Waals surface area contributed by atoms with Gasteiger partial charge in [0.2, 0.25) is 0 Å². The van der Waals surface area contributed by atoms with E-state index in [2.05, 4.69) is 37.5 Å². The number of hydrogen-bond donors (Lipinski definition) is 0. The lowest BCUT2D eigenvalue weighted by Gasteiger charge is -2.34. The molecular formula is C17H15IN4OS. The Morgan fingerprint density at radius 1 is 1.08 bits per heavy atom. The summed E-state index contributed by atoms with van der Waals surface area (Å²) in [4.78, 5) is 26.7. The van der Waals surface area contributed by atoms with E-state index in [0.29, 0.717) is 13.1 Å². The molecule has 1 amide bonds. The molecule has 1 fully saturated rings. The van der Waals surface area contributed by atoms with Crippen molar-refractivity contribution in [3.05, 3.63) is 51.7 Å². The number of hydrogen-bond acceptors (Lipinski definition) is 5. The number of piperazine rings is 1. The Kier molecular flexibility index (Phi) is 4.36. The normalized spacial score (nSPS) is 15.0. The molecule has 0 unspecified atom stereocenters. The van der Waals surface area contributed by atoms with Crippen LogP contribution in [0.1, 0.15) is 10.4 Å². The maximum atomic E-state index is 12.6. The first-order valence-corrected chi connectivity index (χ1v) is 9.61. The molecule has 24 heavy (non-hydrogen) atoms. The average Bonchev–Trinajstić information content (AvgIpc) is 3.06. The van der Waals surface area contributed by atoms with E-state index in [9.17, 15) is 4.79 Å². The van der Waals surface area contributed by atoms with Gasteiger partial charge in [0.15, 0.2) is 5.13 Å². The zero-order chi connectivity index (χ0) is 16.5. The van der Waals surface area contributed by atoms with Gasteiger partial charge in [-0.25, -0.2) is 9.97 Å². The fourth-order valence-corrected chi connectivity index (χ4v) is 4.09. The standard InChI is InChI=1S/C17H15IN4OS/c18-13-5-3-12(4-6-13)16(23)21-8-10-22(11-9-21)17-20-14-2-1-7-19-15(14)24-17/h1-7H,8-11H2. The van der Waals surface area contributed by atoms with E-state index in [-0.39, 0.29) is 5.91 Å². The van der Waals surface area contributed by atoms with Gasteiger partial charge in [0.05, 0.1) is 0 Å². The van der Waals surface area contributed by atoms with Gasteiger partial charge in [0.1, 0.15) is 10.3 Å². The van der Waals surface area contributed by atoms with Crippen molar-refractivity contribution in [3.8, 4) is 0 Å². The summed E-state index contributed by atoms with van der Waals surface area (Å²) in [5, 5.41) is 0.991. The molecule has 4 rings (SSSR count). The Bertz CT molecular complexity index is 839. The molecule has 0 saturated carbocycles. The largest absolute Gasteiger partial charge is 0.344 e. The molecule has 0 spiro atoms. The number of nitrogens with zero attached hydrogens (tertiary/aromatic N) is 4. The number of aromatic nitrogens is 2. The minimum absolute atomic E-state index is 0.108. The summed E-state index contributed by atoms with van der Waals surface area (Å²) < 4.78 is 1.14. The molecule has 1 saturated heterocycles. The Morgan fingerprint density at radius 3 is 2.54 bits per heavy atom. The monoisotopic (exact) mass is 450 g/mol. The van der Waals surface area contributed by atoms with Gasteiger partial charge in [0, 0.05) is 41.5 Å². The maximum Gasteiger partial charge on any atom is 0.253 e. The highest BCUT2D eigenvalue weighted by Crippen LogP contribution is 2.27. The third kappa shape index (κ3) is 3.10. The summed E-state index contributed by atoms with van der Waals surface area (Å²) in [6.45, 7) is 3.04. The van der Waals surface area contributed by atoms with Crippen molar-refractivity contribution < 1.29 is 4.79 Å². The molecule has 122 valence electrons. The highest BCUT2D eigenvalue weighted by Gasteiger charge is 2.24. The predicted molar refractivity (Wildman–Crippen MR) is 105 cm³/mol. The van der Waals surface area contributed by atoms with Crippen LogP contribution in [-0.4, -0.2) is 47.0 Å². The third-order valence-electron chi connectivity index (χ3n) is 4.08. The second kappa shape index (κ2) is 6.64. The number of carbonyl (C=O) groups excluding carboxylic acids is 1. The van der Waals surface area contributed by atoms with Gasteiger partial charge in [-0.3, -0.25) is 4.79 Å². The Labute approximate surface area is 157 Å². The summed E-state index contributed by atoms with van der Waals surface area (Å²) in [5.74, 6) is 0.108. The first-order chi connectivity index (χ1) is 11.7. The highest BCUT2D eigenvalue weighted by molar-refractivity contribution is 14.1. The average molecular weight is 450 g/mol. The summed E-state index contributed by atoms with van der Waals surface area (Å²) >= 11 is 3.86. The van der Waals surface area contributed by atoms with Crippen molar-refractivity contribution in [2.24, 2.45) is 0 Å². The number of anilines is 1. The van der Waals surface area contributed by atoms with E-state index in [1.54, 1.807) is 17.5 Å². The van der Waals surface area contributed by atoms with Crippen LogP contribution in [0.25, 0.3) is 10.3 Å². The second-order valence-electron chi connectivity index (χ2n) is 5.61. The minimum atomic E-state index is 0.108. The van der Waals surface area contributed by atoms with Gasteiger partial charge < -0.3 is 9.80 Å². The Morgan fingerprint density at radius 2 is 1.83 bits per heavy atom. The van der Waals surface area contributed by atoms with E-state index in [1.165, 1.54) is 0 Å².